The van der Waals surface area contributed by atoms with E-state index in [0.717, 1.165) is 47.8 Å². The molecule has 8 nitrogen and oxygen atoms in total. The van der Waals surface area contributed by atoms with E-state index in [1.165, 1.54) is 13.8 Å². The number of aliphatic hydroxyl groups excluding tert-OH is 2. The summed E-state index contributed by atoms with van der Waals surface area (Å²) < 4.78 is -2.18. The molecule has 0 aliphatic heterocycles. The van der Waals surface area contributed by atoms with Gasteiger partial charge in [-0.1, -0.05) is 82.6 Å². The van der Waals surface area contributed by atoms with E-state index in [-0.39, 0.29) is 36.2 Å². The molecule has 0 saturated heterocycles. The van der Waals surface area contributed by atoms with E-state index in [4.69, 9.17) is 12.6 Å². The molecule has 5 N–H and O–H groups in total. The normalized spacial score (nSPS) is 19.1. The molecule has 302 valence electrons. The molecule has 0 spiro atoms. The zero-order valence-corrected chi connectivity index (χ0v) is 37.3. The molecule has 0 heterocycles. The number of nitrogens with one attached hydrogen (secondary N) is 2. The second-order valence-corrected chi connectivity index (χ2v) is 18.9. The van der Waals surface area contributed by atoms with Gasteiger partial charge in [0, 0.05) is 37.2 Å². The second-order valence-electron chi connectivity index (χ2n) is 15.7. The first-order valence-electron chi connectivity index (χ1n) is 18.8. The molecule has 2 aromatic carbocycles. The van der Waals surface area contributed by atoms with E-state index in [0.29, 0.717) is 18.4 Å². The fourth-order valence-corrected chi connectivity index (χ4v) is 8.52. The van der Waals surface area contributed by atoms with Crippen molar-refractivity contribution in [3.63, 3.8) is 0 Å². The topological polar surface area (TPSA) is 136 Å². The van der Waals surface area contributed by atoms with Crippen LogP contribution >= 0.6 is 25.3 Å². The SMILES string of the molecule is CCC(C)CC(=O)[C@@](S)(Cc1ccc(CCc2ccc(CC([SH2+])(CC(C(=O)C(S)(CO)NC)C(C)C)/C(C)=C\O)cc2)cc1)C([SH2+])(NC)C(C)(O)C(C)=O. The molecule has 54 heavy (non-hydrogen) atoms. The Kier molecular flexibility index (Phi) is 18.0. The van der Waals surface area contributed by atoms with Crippen LogP contribution in [0.5, 0.6) is 0 Å². The van der Waals surface area contributed by atoms with Crippen LogP contribution in [0.3, 0.4) is 0 Å². The Bertz CT molecular complexity index is 1590. The highest BCUT2D eigenvalue weighted by molar-refractivity contribution is 7.84. The first-order chi connectivity index (χ1) is 25.0. The third kappa shape index (κ3) is 11.0. The van der Waals surface area contributed by atoms with Crippen LogP contribution in [0.25, 0.3) is 0 Å². The molecule has 12 heteroatoms. The number of carbonyl (C=O) groups excluding carboxylic acids is 3. The van der Waals surface area contributed by atoms with Crippen molar-refractivity contribution < 1.29 is 29.7 Å². The molecule has 0 amide bonds. The standard InChI is InChI=1S/C42H64N2O6S4/c1-10-28(4)21-36(48)40(52,42(54,44-9)38(7,50)30(6)47)23-34-19-15-32(16-20-34)12-11-31-13-17-33(18-14-31)22-39(51,29(5)25-45)24-35(27(2)3)37(49)41(53,26-46)43-8/h13-20,25,27-28,35,43-46,50-54H,10-12,21-24,26H2,1-9H3/p+2/b29-25-/t28?,35?,38?,39?,40-,41?,42?/m0/s1. The number of thiol groups is 2. The number of carbonyl (C=O) groups is 3. The van der Waals surface area contributed by atoms with Gasteiger partial charge in [0.25, 0.3) is 0 Å². The minimum absolute atomic E-state index is 0.0329. The van der Waals surface area contributed by atoms with Gasteiger partial charge in [-0.2, -0.15) is 12.6 Å². The van der Waals surface area contributed by atoms with Crippen molar-refractivity contribution in [1.29, 1.82) is 0 Å². The lowest BCUT2D eigenvalue weighted by Gasteiger charge is -2.46. The number of aryl methyl sites for hydroxylation is 2. The maximum absolute atomic E-state index is 13.9. The average Bonchev–Trinajstić information content (AvgIpc) is 3.15. The van der Waals surface area contributed by atoms with Gasteiger partial charge in [-0.05, 0) is 107 Å². The van der Waals surface area contributed by atoms with Crippen LogP contribution in [0.4, 0.5) is 0 Å². The van der Waals surface area contributed by atoms with Gasteiger partial charge in [-0.25, -0.2) is 0 Å². The van der Waals surface area contributed by atoms with Gasteiger partial charge in [0.15, 0.2) is 27.7 Å². The zero-order chi connectivity index (χ0) is 41.3. The van der Waals surface area contributed by atoms with Crippen LogP contribution < -0.4 is 10.6 Å². The number of benzene rings is 2. The molecule has 0 fully saturated rings. The first kappa shape index (κ1) is 48.4. The predicted molar refractivity (Wildman–Crippen MR) is 237 cm³/mol. The van der Waals surface area contributed by atoms with Gasteiger partial charge < -0.3 is 15.3 Å². The number of hydrogen-bond acceptors (Lipinski definition) is 10. The second kappa shape index (κ2) is 20.1. The number of rotatable bonds is 23. The van der Waals surface area contributed by atoms with Crippen LogP contribution in [-0.2, 0) is 65.3 Å². The molecule has 0 bridgehead atoms. The first-order valence-corrected chi connectivity index (χ1v) is 20.7. The molecule has 0 aromatic heterocycles. The Labute approximate surface area is 345 Å². The van der Waals surface area contributed by atoms with Gasteiger partial charge in [0.1, 0.15) is 9.62 Å². The van der Waals surface area contributed by atoms with Crippen LogP contribution in [0.1, 0.15) is 90.0 Å². The summed E-state index contributed by atoms with van der Waals surface area (Å²) in [6, 6.07) is 16.3. The van der Waals surface area contributed by atoms with Crippen molar-refractivity contribution in [2.24, 2.45) is 17.8 Å². The summed E-state index contributed by atoms with van der Waals surface area (Å²) in [7, 11) is 3.21. The summed E-state index contributed by atoms with van der Waals surface area (Å²) in [4.78, 5) is 37.2. The molecular weight excluding hydrogens is 757 g/mol. The van der Waals surface area contributed by atoms with E-state index in [1.807, 2.05) is 58.9 Å². The number of ketones is 3. The van der Waals surface area contributed by atoms with Gasteiger partial charge in [0.2, 0.25) is 4.87 Å². The fraction of sp³-hybridized carbons (Fsp3) is 0.595. The highest BCUT2D eigenvalue weighted by Gasteiger charge is 2.67. The third-order valence-electron chi connectivity index (χ3n) is 11.5. The van der Waals surface area contributed by atoms with Gasteiger partial charge in [-0.3, -0.25) is 25.0 Å². The van der Waals surface area contributed by atoms with Gasteiger partial charge in [-0.15, -0.1) is 12.6 Å². The quantitative estimate of drug-likeness (QED) is 0.0369. The molecule has 0 aliphatic carbocycles. The van der Waals surface area contributed by atoms with Crippen molar-refractivity contribution in [2.45, 2.75) is 118 Å². The summed E-state index contributed by atoms with van der Waals surface area (Å²) in [6.07, 6.45) is 4.83. The van der Waals surface area contributed by atoms with Crippen molar-refractivity contribution in [1.82, 2.24) is 10.6 Å². The lowest BCUT2D eigenvalue weighted by atomic mass is 9.74. The Morgan fingerprint density at radius 1 is 0.852 bits per heavy atom. The molecular formula is C42H66N2O6S4+2. The summed E-state index contributed by atoms with van der Waals surface area (Å²) in [6.45, 7) is 12.1. The summed E-state index contributed by atoms with van der Waals surface area (Å²) in [5.74, 6) is -1.23. The Morgan fingerprint density at radius 3 is 1.69 bits per heavy atom. The van der Waals surface area contributed by atoms with Crippen molar-refractivity contribution in [3.8, 4) is 0 Å². The minimum atomic E-state index is -1.94. The minimum Gasteiger partial charge on any atom is -0.515 e. The Balaban J connectivity index is 2.27. The molecule has 2 aromatic rings. The largest absolute Gasteiger partial charge is 0.515 e. The molecule has 6 unspecified atom stereocenters. The smallest absolute Gasteiger partial charge is 0.232 e. The van der Waals surface area contributed by atoms with E-state index in [9.17, 15) is 29.7 Å². The molecule has 7 atom stereocenters. The number of aliphatic hydroxyl groups is 3. The van der Waals surface area contributed by atoms with Crippen molar-refractivity contribution in [2.75, 3.05) is 20.7 Å². The van der Waals surface area contributed by atoms with E-state index in [1.54, 1.807) is 14.1 Å². The number of likely N-dealkylation sites (N-methyl/N-ethyl adjacent to an activating group) is 2. The highest BCUT2D eigenvalue weighted by atomic mass is 32.1. The van der Waals surface area contributed by atoms with Crippen LogP contribution in [0, 0.1) is 17.8 Å². The molecule has 0 saturated carbocycles. The molecule has 2 rings (SSSR count). The van der Waals surface area contributed by atoms with Gasteiger partial charge in [0.05, 0.1) is 12.9 Å². The maximum Gasteiger partial charge on any atom is 0.232 e. The lowest BCUT2D eigenvalue weighted by Crippen LogP contribution is -2.75. The highest BCUT2D eigenvalue weighted by Crippen LogP contribution is 2.42. The van der Waals surface area contributed by atoms with Crippen LogP contribution in [0.2, 0.25) is 0 Å². The number of hydrogen-bond donors (Lipinski definition) is 7. The number of Topliss-reactive ketones (excluding diaryl/α,β-unsaturated/α-hetero) is 3. The van der Waals surface area contributed by atoms with E-state index >= 15 is 0 Å². The fourth-order valence-electron chi connectivity index (χ4n) is 6.86. The third-order valence-corrected chi connectivity index (χ3v) is 15.0. The summed E-state index contributed by atoms with van der Waals surface area (Å²) >= 11 is 17.1. The van der Waals surface area contributed by atoms with Crippen molar-refractivity contribution in [3.05, 3.63) is 82.6 Å². The van der Waals surface area contributed by atoms with Crippen LogP contribution in [-0.4, -0.2) is 78.2 Å². The van der Waals surface area contributed by atoms with Crippen LogP contribution in [0.15, 0.2) is 60.4 Å². The Morgan fingerprint density at radius 2 is 1.31 bits per heavy atom. The molecule has 0 aliphatic rings. The summed E-state index contributed by atoms with van der Waals surface area (Å²) in [5, 5.41) is 37.3. The van der Waals surface area contributed by atoms with E-state index in [2.05, 4.69) is 72.8 Å². The average molecular weight is 823 g/mol. The molecule has 0 radical (unpaired) electrons. The van der Waals surface area contributed by atoms with Gasteiger partial charge >= 0.3 is 0 Å². The maximum atomic E-state index is 13.9. The summed E-state index contributed by atoms with van der Waals surface area (Å²) in [5.41, 5.74) is 2.90. The zero-order valence-electron chi connectivity index (χ0n) is 33.5. The predicted octanol–water partition coefficient (Wildman–Crippen LogP) is 4.78. The van der Waals surface area contributed by atoms with E-state index < -0.39 is 43.1 Å². The van der Waals surface area contributed by atoms with Crippen molar-refractivity contribution >= 4 is 67.9 Å². The Hall–Kier alpha value is -1.77. The monoisotopic (exact) mass is 822 g/mol. The lowest BCUT2D eigenvalue weighted by molar-refractivity contribution is -0.141.